The summed E-state index contributed by atoms with van der Waals surface area (Å²) in [6, 6.07) is 8.88. The maximum Gasteiger partial charge on any atom is 0.277 e. The van der Waals surface area contributed by atoms with Gasteiger partial charge in [0.15, 0.2) is 0 Å². The van der Waals surface area contributed by atoms with Crippen LogP contribution < -0.4 is 0 Å². The van der Waals surface area contributed by atoms with Gasteiger partial charge in [-0.3, -0.25) is 4.79 Å². The molecule has 0 spiro atoms. The Bertz CT molecular complexity index is 1000. The zero-order valence-electron chi connectivity index (χ0n) is 16.6. The van der Waals surface area contributed by atoms with Gasteiger partial charge in [0.1, 0.15) is 0 Å². The molecule has 0 bridgehead atoms. The second-order valence-corrected chi connectivity index (χ2v) is 9.28. The van der Waals surface area contributed by atoms with Gasteiger partial charge in [-0.2, -0.15) is 0 Å². The summed E-state index contributed by atoms with van der Waals surface area (Å²) in [5, 5.41) is 9.85. The van der Waals surface area contributed by atoms with E-state index in [1.807, 2.05) is 30.5 Å². The molecule has 29 heavy (non-hydrogen) atoms. The molecule has 2 aliphatic carbocycles. The number of amides is 1. The fourth-order valence-electron chi connectivity index (χ4n) is 4.40. The van der Waals surface area contributed by atoms with Gasteiger partial charge >= 0.3 is 0 Å². The number of aromatic amines is 1. The van der Waals surface area contributed by atoms with Crippen LogP contribution in [0.25, 0.3) is 22.4 Å². The van der Waals surface area contributed by atoms with Crippen molar-refractivity contribution in [1.29, 1.82) is 0 Å². The maximum atomic E-state index is 13.0. The molecule has 2 fully saturated rings. The van der Waals surface area contributed by atoms with Crippen LogP contribution in [0.1, 0.15) is 45.4 Å². The lowest BCUT2D eigenvalue weighted by Gasteiger charge is -2.36. The van der Waals surface area contributed by atoms with E-state index in [9.17, 15) is 4.79 Å². The summed E-state index contributed by atoms with van der Waals surface area (Å²) >= 11 is 1.35. The number of H-pyrrole nitrogens is 1. The molecule has 0 radical (unpaired) electrons. The number of thioether (sulfide) groups is 1. The van der Waals surface area contributed by atoms with E-state index in [1.54, 1.807) is 0 Å². The summed E-state index contributed by atoms with van der Waals surface area (Å²) in [6.45, 7) is 2.32. The Labute approximate surface area is 174 Å². The molecule has 2 heterocycles. The molecule has 1 amide bonds. The molecule has 0 aliphatic heterocycles. The van der Waals surface area contributed by atoms with Gasteiger partial charge in [0, 0.05) is 29.2 Å². The maximum absolute atomic E-state index is 13.0. The van der Waals surface area contributed by atoms with Crippen LogP contribution in [-0.4, -0.2) is 43.8 Å². The van der Waals surface area contributed by atoms with E-state index in [-0.39, 0.29) is 5.91 Å². The molecular weight excluding hydrogens is 384 g/mol. The molecule has 6 nitrogen and oxygen atoms in total. The van der Waals surface area contributed by atoms with Crippen molar-refractivity contribution < 1.29 is 9.21 Å². The van der Waals surface area contributed by atoms with Crippen LogP contribution in [0.5, 0.6) is 0 Å². The summed E-state index contributed by atoms with van der Waals surface area (Å²) < 4.78 is 5.85. The Morgan fingerprint density at radius 1 is 1.14 bits per heavy atom. The van der Waals surface area contributed by atoms with E-state index in [0.29, 0.717) is 29.0 Å². The Kier molecular flexibility index (Phi) is 5.08. The van der Waals surface area contributed by atoms with Crippen LogP contribution in [0.15, 0.2) is 40.1 Å². The highest BCUT2D eigenvalue weighted by Crippen LogP contribution is 2.36. The largest absolute Gasteiger partial charge is 0.411 e. The van der Waals surface area contributed by atoms with Crippen molar-refractivity contribution in [3.8, 4) is 11.5 Å². The van der Waals surface area contributed by atoms with E-state index < -0.39 is 0 Å². The number of nitrogens with one attached hydrogen (secondary N) is 1. The minimum atomic E-state index is 0.212. The van der Waals surface area contributed by atoms with E-state index in [4.69, 9.17) is 4.42 Å². The predicted octanol–water partition coefficient (Wildman–Crippen LogP) is 4.88. The molecular formula is C22H26N4O2S. The number of fused-ring (bicyclic) bond motifs is 1. The molecule has 1 aromatic carbocycles. The molecule has 3 aromatic rings. The number of carbonyl (C=O) groups excluding carboxylic acids is 1. The average molecular weight is 411 g/mol. The van der Waals surface area contributed by atoms with Gasteiger partial charge in [0.2, 0.25) is 5.91 Å². The first-order valence-electron chi connectivity index (χ1n) is 10.5. The highest BCUT2D eigenvalue weighted by atomic mass is 32.2. The standard InChI is InChI=1S/C22H26N4O2S/c1-14-6-8-15(9-7-14)26(16-10-11-16)20(27)13-29-22-25-24-21(28-22)18-12-23-19-5-3-2-4-17(18)19/h2-5,12,14-16,23H,6-11,13H2,1H3. The minimum Gasteiger partial charge on any atom is -0.411 e. The number of benzene rings is 1. The van der Waals surface area contributed by atoms with E-state index in [2.05, 4.69) is 27.0 Å². The monoisotopic (exact) mass is 410 g/mol. The van der Waals surface area contributed by atoms with E-state index >= 15 is 0 Å². The van der Waals surface area contributed by atoms with Gasteiger partial charge in [-0.05, 0) is 50.5 Å². The number of aromatic nitrogens is 3. The molecule has 0 saturated heterocycles. The fourth-order valence-corrected chi connectivity index (χ4v) is 5.03. The average Bonchev–Trinajstić information content (AvgIpc) is 3.29. The Hall–Kier alpha value is -2.28. The number of carbonyl (C=O) groups is 1. The quantitative estimate of drug-likeness (QED) is 0.586. The van der Waals surface area contributed by atoms with Crippen molar-refractivity contribution in [2.45, 2.75) is 62.8 Å². The lowest BCUT2D eigenvalue weighted by atomic mass is 9.86. The summed E-state index contributed by atoms with van der Waals surface area (Å²) in [7, 11) is 0. The van der Waals surface area contributed by atoms with Gasteiger partial charge in [-0.25, -0.2) is 0 Å². The Morgan fingerprint density at radius 2 is 1.86 bits per heavy atom. The van der Waals surface area contributed by atoms with Crippen molar-refractivity contribution in [3.63, 3.8) is 0 Å². The van der Waals surface area contributed by atoms with Crippen LogP contribution in [0.2, 0.25) is 0 Å². The summed E-state index contributed by atoms with van der Waals surface area (Å²) in [4.78, 5) is 18.4. The molecule has 2 aliphatic rings. The smallest absolute Gasteiger partial charge is 0.277 e. The predicted molar refractivity (Wildman–Crippen MR) is 114 cm³/mol. The SMILES string of the molecule is CC1CCC(N(C(=O)CSc2nnc(-c3c[nH]c4ccccc34)o2)C2CC2)CC1. The lowest BCUT2D eigenvalue weighted by Crippen LogP contribution is -2.44. The Balaban J connectivity index is 1.25. The van der Waals surface area contributed by atoms with Crippen LogP contribution in [0.3, 0.4) is 0 Å². The number of rotatable bonds is 6. The molecule has 2 aromatic heterocycles. The number of hydrogen-bond donors (Lipinski definition) is 1. The van der Waals surface area contributed by atoms with Gasteiger partial charge in [0.25, 0.3) is 11.1 Å². The highest BCUT2D eigenvalue weighted by Gasteiger charge is 2.38. The summed E-state index contributed by atoms with van der Waals surface area (Å²) in [6.07, 6.45) is 8.91. The van der Waals surface area contributed by atoms with Crippen LogP contribution in [-0.2, 0) is 4.79 Å². The van der Waals surface area contributed by atoms with Crippen molar-refractivity contribution >= 4 is 28.6 Å². The second kappa shape index (κ2) is 7.86. The molecule has 2 saturated carbocycles. The second-order valence-electron chi connectivity index (χ2n) is 8.36. The molecule has 0 unspecified atom stereocenters. The Morgan fingerprint density at radius 3 is 2.62 bits per heavy atom. The first kappa shape index (κ1) is 18.7. The third-order valence-electron chi connectivity index (χ3n) is 6.15. The van der Waals surface area contributed by atoms with Gasteiger partial charge in [0.05, 0.1) is 11.3 Å². The van der Waals surface area contributed by atoms with Crippen LogP contribution in [0.4, 0.5) is 0 Å². The van der Waals surface area contributed by atoms with E-state index in [1.165, 1.54) is 24.6 Å². The third kappa shape index (κ3) is 3.92. The lowest BCUT2D eigenvalue weighted by molar-refractivity contribution is -0.132. The molecule has 152 valence electrons. The normalized spacial score (nSPS) is 22.1. The molecule has 0 atom stereocenters. The molecule has 7 heteroatoms. The van der Waals surface area contributed by atoms with E-state index in [0.717, 1.165) is 48.1 Å². The third-order valence-corrected chi connectivity index (χ3v) is 6.96. The zero-order chi connectivity index (χ0) is 19.8. The van der Waals surface area contributed by atoms with Gasteiger partial charge in [-0.15, -0.1) is 10.2 Å². The van der Waals surface area contributed by atoms with Gasteiger partial charge in [-0.1, -0.05) is 36.9 Å². The number of hydrogen-bond acceptors (Lipinski definition) is 5. The molecule has 5 rings (SSSR count). The first-order valence-corrected chi connectivity index (χ1v) is 11.5. The number of nitrogens with zero attached hydrogens (tertiary/aromatic N) is 3. The van der Waals surface area contributed by atoms with Crippen molar-refractivity contribution in [1.82, 2.24) is 20.1 Å². The van der Waals surface area contributed by atoms with Crippen LogP contribution in [0, 0.1) is 5.92 Å². The minimum absolute atomic E-state index is 0.212. The topological polar surface area (TPSA) is 75.0 Å². The summed E-state index contributed by atoms with van der Waals surface area (Å²) in [5.41, 5.74) is 1.93. The van der Waals surface area contributed by atoms with Crippen molar-refractivity contribution in [2.75, 3.05) is 5.75 Å². The summed E-state index contributed by atoms with van der Waals surface area (Å²) in [5.74, 6) is 1.85. The number of para-hydroxylation sites is 1. The van der Waals surface area contributed by atoms with Crippen molar-refractivity contribution in [2.24, 2.45) is 5.92 Å². The van der Waals surface area contributed by atoms with Crippen LogP contribution >= 0.6 is 11.8 Å². The molecule has 1 N–H and O–H groups in total. The fraction of sp³-hybridized carbons (Fsp3) is 0.500. The highest BCUT2D eigenvalue weighted by molar-refractivity contribution is 7.99. The van der Waals surface area contributed by atoms with Crippen molar-refractivity contribution in [3.05, 3.63) is 30.5 Å². The zero-order valence-corrected chi connectivity index (χ0v) is 17.5. The first-order chi connectivity index (χ1) is 14.2. The van der Waals surface area contributed by atoms with Gasteiger partial charge < -0.3 is 14.3 Å².